The molecule has 7 heteroatoms. The molecule has 0 saturated heterocycles. The summed E-state index contributed by atoms with van der Waals surface area (Å²) in [5, 5.41) is 8.88. The number of esters is 2. The predicted octanol–water partition coefficient (Wildman–Crippen LogP) is 2.49. The zero-order valence-electron chi connectivity index (χ0n) is 12.7. The van der Waals surface area contributed by atoms with Crippen LogP contribution in [0.4, 0.5) is 0 Å². The molecule has 0 aliphatic heterocycles. The molecule has 0 saturated carbocycles. The number of halogens is 1. The fourth-order valence-electron chi connectivity index (χ4n) is 1.10. The van der Waals surface area contributed by atoms with E-state index < -0.39 is 23.3 Å². The Bertz CT molecular complexity index is 482. The maximum atomic E-state index is 10.9. The molecule has 0 bridgehead atoms. The number of rotatable bonds is 5. The van der Waals surface area contributed by atoms with Gasteiger partial charge in [0.1, 0.15) is 18.6 Å². The van der Waals surface area contributed by atoms with E-state index in [0.29, 0.717) is 0 Å². The monoisotopic (exact) mass is 422 g/mol. The van der Waals surface area contributed by atoms with Gasteiger partial charge in [-0.3, -0.25) is 14.4 Å². The summed E-state index contributed by atoms with van der Waals surface area (Å²) < 4.78 is 10.5. The number of carbonyl (C=O) groups excluding carboxylic acids is 2. The third-order valence-electron chi connectivity index (χ3n) is 2.44. The quantitative estimate of drug-likeness (QED) is 0.580. The largest absolute Gasteiger partial charge is 0.481 e. The second kappa shape index (κ2) is 10.1. The standard InChI is InChI=1S/C9H14O6.C6H5I/c1-6(10)14-4-9(3,8(12)13)5-15-7(2)11;7-6-4-2-1-3-5-6/h4-5H2,1-3H3,(H,12,13);1-5H. The van der Waals surface area contributed by atoms with E-state index in [1.54, 1.807) is 0 Å². The van der Waals surface area contributed by atoms with Gasteiger partial charge in [0.15, 0.2) is 0 Å². The van der Waals surface area contributed by atoms with Gasteiger partial charge in [0.25, 0.3) is 0 Å². The van der Waals surface area contributed by atoms with Gasteiger partial charge >= 0.3 is 17.9 Å². The molecule has 1 N–H and O–H groups in total. The zero-order chi connectivity index (χ0) is 17.2. The minimum Gasteiger partial charge on any atom is -0.481 e. The molecule has 1 aromatic rings. The predicted molar refractivity (Wildman–Crippen MR) is 88.2 cm³/mol. The van der Waals surface area contributed by atoms with Crippen LogP contribution in [0.25, 0.3) is 0 Å². The number of aliphatic carboxylic acids is 1. The number of carbonyl (C=O) groups is 3. The van der Waals surface area contributed by atoms with Crippen molar-refractivity contribution < 1.29 is 29.0 Å². The first-order valence-electron chi connectivity index (χ1n) is 6.38. The average molecular weight is 422 g/mol. The summed E-state index contributed by atoms with van der Waals surface area (Å²) in [6.07, 6.45) is 0. The molecule has 0 aromatic heterocycles. The first-order chi connectivity index (χ1) is 10.2. The number of benzene rings is 1. The Labute approximate surface area is 142 Å². The van der Waals surface area contributed by atoms with Gasteiger partial charge in [-0.05, 0) is 41.6 Å². The van der Waals surface area contributed by atoms with E-state index in [9.17, 15) is 14.4 Å². The van der Waals surface area contributed by atoms with E-state index >= 15 is 0 Å². The average Bonchev–Trinajstić information content (AvgIpc) is 2.44. The van der Waals surface area contributed by atoms with Crippen molar-refractivity contribution in [3.05, 3.63) is 33.9 Å². The van der Waals surface area contributed by atoms with Crippen LogP contribution in [0, 0.1) is 8.99 Å². The molecule has 122 valence electrons. The number of hydrogen-bond acceptors (Lipinski definition) is 5. The fourth-order valence-corrected chi connectivity index (χ4v) is 1.52. The lowest BCUT2D eigenvalue weighted by molar-refractivity contribution is -0.164. The lowest BCUT2D eigenvalue weighted by atomic mass is 9.93. The van der Waals surface area contributed by atoms with Crippen molar-refractivity contribution in [3.63, 3.8) is 0 Å². The lowest BCUT2D eigenvalue weighted by Crippen LogP contribution is -2.38. The second-order valence-corrected chi connectivity index (χ2v) is 5.97. The topological polar surface area (TPSA) is 89.9 Å². The maximum absolute atomic E-state index is 10.9. The number of ether oxygens (including phenoxy) is 2. The highest BCUT2D eigenvalue weighted by Gasteiger charge is 2.36. The molecule has 0 atom stereocenters. The molecular formula is C15H19IO6. The van der Waals surface area contributed by atoms with E-state index in [2.05, 4.69) is 44.2 Å². The fraction of sp³-hybridized carbons (Fsp3) is 0.400. The van der Waals surface area contributed by atoms with Gasteiger partial charge in [-0.15, -0.1) is 0 Å². The summed E-state index contributed by atoms with van der Waals surface area (Å²) in [5.74, 6) is -2.35. The summed E-state index contributed by atoms with van der Waals surface area (Å²) in [4.78, 5) is 31.9. The molecule has 0 spiro atoms. The van der Waals surface area contributed by atoms with E-state index in [4.69, 9.17) is 5.11 Å². The van der Waals surface area contributed by atoms with Crippen LogP contribution in [0.5, 0.6) is 0 Å². The van der Waals surface area contributed by atoms with Crippen molar-refractivity contribution >= 4 is 40.5 Å². The van der Waals surface area contributed by atoms with Crippen LogP contribution in [0.15, 0.2) is 30.3 Å². The van der Waals surface area contributed by atoms with Gasteiger partial charge in [0.2, 0.25) is 0 Å². The first-order valence-corrected chi connectivity index (χ1v) is 7.46. The molecule has 0 radical (unpaired) electrons. The van der Waals surface area contributed by atoms with Gasteiger partial charge in [0.05, 0.1) is 0 Å². The summed E-state index contributed by atoms with van der Waals surface area (Å²) in [5.41, 5.74) is -1.41. The highest BCUT2D eigenvalue weighted by atomic mass is 127. The van der Waals surface area contributed by atoms with Crippen LogP contribution in [0.3, 0.4) is 0 Å². The second-order valence-electron chi connectivity index (χ2n) is 4.72. The summed E-state index contributed by atoms with van der Waals surface area (Å²) >= 11 is 2.28. The molecule has 1 aromatic carbocycles. The van der Waals surface area contributed by atoms with Crippen molar-refractivity contribution in [2.24, 2.45) is 5.41 Å². The molecule has 0 amide bonds. The highest BCUT2D eigenvalue weighted by Crippen LogP contribution is 2.18. The minimum absolute atomic E-state index is 0.328. The molecule has 1 rings (SSSR count). The van der Waals surface area contributed by atoms with E-state index in [1.165, 1.54) is 24.3 Å². The van der Waals surface area contributed by atoms with Gasteiger partial charge in [-0.25, -0.2) is 0 Å². The maximum Gasteiger partial charge on any atom is 0.316 e. The SMILES string of the molecule is CC(=O)OCC(C)(COC(C)=O)C(=O)O.Ic1ccccc1. The number of hydrogen-bond donors (Lipinski definition) is 1. The Morgan fingerprint density at radius 2 is 1.45 bits per heavy atom. The minimum atomic E-state index is -1.41. The van der Waals surface area contributed by atoms with Gasteiger partial charge < -0.3 is 14.6 Å². The lowest BCUT2D eigenvalue weighted by Gasteiger charge is -2.23. The smallest absolute Gasteiger partial charge is 0.316 e. The molecular weight excluding hydrogens is 403 g/mol. The van der Waals surface area contributed by atoms with Crippen molar-refractivity contribution in [1.82, 2.24) is 0 Å². The Hall–Kier alpha value is -1.64. The van der Waals surface area contributed by atoms with E-state index in [0.717, 1.165) is 0 Å². The molecule has 22 heavy (non-hydrogen) atoms. The van der Waals surface area contributed by atoms with Gasteiger partial charge in [-0.2, -0.15) is 0 Å². The van der Waals surface area contributed by atoms with Gasteiger partial charge in [-0.1, -0.05) is 18.2 Å². The molecule has 0 fully saturated rings. The van der Waals surface area contributed by atoms with Crippen LogP contribution >= 0.6 is 22.6 Å². The van der Waals surface area contributed by atoms with Crippen LogP contribution in [0.1, 0.15) is 20.8 Å². The van der Waals surface area contributed by atoms with Crippen molar-refractivity contribution in [1.29, 1.82) is 0 Å². The molecule has 0 aliphatic rings. The normalized spacial score (nSPS) is 10.0. The number of carboxylic acids is 1. The van der Waals surface area contributed by atoms with Crippen LogP contribution in [-0.2, 0) is 23.9 Å². The third kappa shape index (κ3) is 9.32. The highest BCUT2D eigenvalue weighted by molar-refractivity contribution is 14.1. The van der Waals surface area contributed by atoms with Crippen LogP contribution in [-0.4, -0.2) is 36.2 Å². The van der Waals surface area contributed by atoms with Crippen LogP contribution < -0.4 is 0 Å². The summed E-state index contributed by atoms with van der Waals surface area (Å²) in [6.45, 7) is 3.03. The van der Waals surface area contributed by atoms with Crippen molar-refractivity contribution in [2.45, 2.75) is 20.8 Å². The molecule has 0 unspecified atom stereocenters. The molecule has 0 aliphatic carbocycles. The van der Waals surface area contributed by atoms with Crippen molar-refractivity contribution in [3.8, 4) is 0 Å². The van der Waals surface area contributed by atoms with Crippen LogP contribution in [0.2, 0.25) is 0 Å². The van der Waals surface area contributed by atoms with E-state index in [-0.39, 0.29) is 13.2 Å². The Kier molecular flexibility index (Phi) is 9.39. The molecule has 6 nitrogen and oxygen atoms in total. The van der Waals surface area contributed by atoms with Gasteiger partial charge in [0, 0.05) is 17.4 Å². The Balaban J connectivity index is 0.000000518. The summed E-state index contributed by atoms with van der Waals surface area (Å²) in [7, 11) is 0. The zero-order valence-corrected chi connectivity index (χ0v) is 14.8. The van der Waals surface area contributed by atoms with Crippen molar-refractivity contribution in [2.75, 3.05) is 13.2 Å². The van der Waals surface area contributed by atoms with E-state index in [1.807, 2.05) is 18.2 Å². The molecule has 0 heterocycles. The summed E-state index contributed by atoms with van der Waals surface area (Å²) in [6, 6.07) is 10.2. The number of carboxylic acid groups (broad SMARTS) is 1. The Morgan fingerprint density at radius 1 is 1.05 bits per heavy atom. The first kappa shape index (κ1) is 20.4. The Morgan fingerprint density at radius 3 is 1.68 bits per heavy atom. The third-order valence-corrected chi connectivity index (χ3v) is 3.16.